The number of hydrogen-bond acceptors (Lipinski definition) is 7. The highest BCUT2D eigenvalue weighted by Crippen LogP contribution is 2.32. The number of piperidine rings is 1. The summed E-state index contributed by atoms with van der Waals surface area (Å²) in [5.74, 6) is -0.0568. The second-order valence-electron chi connectivity index (χ2n) is 11.4. The van der Waals surface area contributed by atoms with Gasteiger partial charge in [-0.25, -0.2) is 27.5 Å². The molecule has 2 aromatic heterocycles. The Balaban J connectivity index is 0.949. The Morgan fingerprint density at radius 2 is 1.62 bits per heavy atom. The minimum absolute atomic E-state index is 0.0354. The van der Waals surface area contributed by atoms with Crippen molar-refractivity contribution < 1.29 is 35.5 Å². The van der Waals surface area contributed by atoms with Crippen molar-refractivity contribution in [2.24, 2.45) is 5.92 Å². The van der Waals surface area contributed by atoms with E-state index in [1.54, 1.807) is 12.3 Å². The lowest BCUT2D eigenvalue weighted by Gasteiger charge is -2.36. The summed E-state index contributed by atoms with van der Waals surface area (Å²) in [7, 11) is -4.28. The Labute approximate surface area is 257 Å². The van der Waals surface area contributed by atoms with E-state index >= 15 is 0 Å². The predicted octanol–water partition coefficient (Wildman–Crippen LogP) is 5.83. The monoisotopic (exact) mass is 645 g/mol. The average Bonchev–Trinajstić information content (AvgIpc) is 3.45. The lowest BCUT2D eigenvalue weighted by Crippen LogP contribution is -2.41. The van der Waals surface area contributed by atoms with E-state index in [-0.39, 0.29) is 18.0 Å². The van der Waals surface area contributed by atoms with Gasteiger partial charge in [0.15, 0.2) is 0 Å². The highest BCUT2D eigenvalue weighted by molar-refractivity contribution is 7.90. The second-order valence-corrected chi connectivity index (χ2v) is 13.1. The standard InChI is InChI=1S/C31H31F4N5O4S/c32-22-6-11-26-27(17-22)38-29(37-26)20-3-12-28(36-18-20)40-15-13-24(14-16-40)44-23-7-1-19(2-8-23)30(41)39-45(42,43)25-9-4-21(5-10-25)31(33,34)35/h3-6,9-12,17-19,23-24H,1-2,7-8,13-16H2,(H,37,38)(H,39,41)/t19-,23-. The Hall–Kier alpha value is -4.04. The predicted molar refractivity (Wildman–Crippen MR) is 158 cm³/mol. The van der Waals surface area contributed by atoms with Crippen molar-refractivity contribution in [3.05, 3.63) is 72.2 Å². The lowest BCUT2D eigenvalue weighted by atomic mass is 9.87. The molecule has 2 aliphatic rings. The van der Waals surface area contributed by atoms with Gasteiger partial charge in [0.05, 0.1) is 33.7 Å². The molecule has 2 N–H and O–H groups in total. The number of halogens is 4. The zero-order chi connectivity index (χ0) is 31.8. The van der Waals surface area contributed by atoms with E-state index in [1.807, 2.05) is 16.9 Å². The molecule has 1 saturated heterocycles. The van der Waals surface area contributed by atoms with Gasteiger partial charge in [-0.05, 0) is 87.1 Å². The molecule has 1 amide bonds. The number of ether oxygens (including phenoxy) is 1. The number of sulfonamides is 1. The van der Waals surface area contributed by atoms with Gasteiger partial charge in [-0.1, -0.05) is 0 Å². The number of carbonyl (C=O) groups is 1. The van der Waals surface area contributed by atoms with E-state index in [2.05, 4.69) is 19.9 Å². The average molecular weight is 646 g/mol. The molecular formula is C31H31F4N5O4S. The number of amides is 1. The quantitative estimate of drug-likeness (QED) is 0.243. The number of pyridine rings is 1. The summed E-state index contributed by atoms with van der Waals surface area (Å²) < 4.78 is 85.4. The van der Waals surface area contributed by atoms with E-state index in [9.17, 15) is 30.8 Å². The number of nitrogens with zero attached hydrogens (tertiary/aromatic N) is 3. The first-order chi connectivity index (χ1) is 21.4. The largest absolute Gasteiger partial charge is 0.416 e. The van der Waals surface area contributed by atoms with Gasteiger partial charge in [0, 0.05) is 36.8 Å². The zero-order valence-corrected chi connectivity index (χ0v) is 24.9. The molecule has 45 heavy (non-hydrogen) atoms. The molecule has 6 rings (SSSR count). The number of alkyl halides is 3. The summed E-state index contributed by atoms with van der Waals surface area (Å²) >= 11 is 0. The van der Waals surface area contributed by atoms with Crippen molar-refractivity contribution >= 4 is 32.8 Å². The van der Waals surface area contributed by atoms with E-state index in [0.29, 0.717) is 49.2 Å². The molecule has 1 saturated carbocycles. The molecule has 1 aliphatic carbocycles. The molecule has 238 valence electrons. The van der Waals surface area contributed by atoms with Crippen LogP contribution in [0.2, 0.25) is 0 Å². The maximum atomic E-state index is 13.5. The molecular weight excluding hydrogens is 614 g/mol. The highest BCUT2D eigenvalue weighted by Gasteiger charge is 2.33. The summed E-state index contributed by atoms with van der Waals surface area (Å²) in [6.45, 7) is 1.53. The van der Waals surface area contributed by atoms with Gasteiger partial charge in [-0.3, -0.25) is 4.79 Å². The molecule has 1 aliphatic heterocycles. The first-order valence-corrected chi connectivity index (χ1v) is 16.2. The lowest BCUT2D eigenvalue weighted by molar-refractivity contribution is -0.137. The number of carbonyl (C=O) groups excluding carboxylic acids is 1. The van der Waals surface area contributed by atoms with Crippen LogP contribution in [0.15, 0.2) is 65.7 Å². The molecule has 2 fully saturated rings. The number of aromatic amines is 1. The van der Waals surface area contributed by atoms with E-state index in [4.69, 9.17) is 4.74 Å². The summed E-state index contributed by atoms with van der Waals surface area (Å²) in [6.07, 6.45) is 0.924. The first kappa shape index (κ1) is 31.0. The molecule has 0 atom stereocenters. The van der Waals surface area contributed by atoms with Crippen LogP contribution < -0.4 is 9.62 Å². The number of nitrogens with one attached hydrogen (secondary N) is 2. The van der Waals surface area contributed by atoms with E-state index in [0.717, 1.165) is 55.0 Å². The molecule has 4 aromatic rings. The third-order valence-corrected chi connectivity index (χ3v) is 9.75. The molecule has 2 aromatic carbocycles. The van der Waals surface area contributed by atoms with Crippen LogP contribution in [0.4, 0.5) is 23.4 Å². The molecule has 9 nitrogen and oxygen atoms in total. The number of H-pyrrole nitrogens is 1. The summed E-state index contributed by atoms with van der Waals surface area (Å²) in [4.78, 5) is 26.7. The summed E-state index contributed by atoms with van der Waals surface area (Å²) in [6, 6.07) is 11.3. The van der Waals surface area contributed by atoms with Crippen LogP contribution in [0.3, 0.4) is 0 Å². The Morgan fingerprint density at radius 3 is 2.27 bits per heavy atom. The summed E-state index contributed by atoms with van der Waals surface area (Å²) in [5.41, 5.74) is 1.13. The smallest absolute Gasteiger partial charge is 0.375 e. The molecule has 0 bridgehead atoms. The zero-order valence-electron chi connectivity index (χ0n) is 24.1. The van der Waals surface area contributed by atoms with Gasteiger partial charge < -0.3 is 14.6 Å². The van der Waals surface area contributed by atoms with Crippen LogP contribution in [-0.4, -0.2) is 54.6 Å². The van der Waals surface area contributed by atoms with Gasteiger partial charge >= 0.3 is 6.18 Å². The van der Waals surface area contributed by atoms with Gasteiger partial charge in [0.2, 0.25) is 5.91 Å². The van der Waals surface area contributed by atoms with Gasteiger partial charge in [0.25, 0.3) is 10.0 Å². The Morgan fingerprint density at radius 1 is 0.933 bits per heavy atom. The van der Waals surface area contributed by atoms with Gasteiger partial charge in [-0.2, -0.15) is 13.2 Å². The van der Waals surface area contributed by atoms with Crippen molar-refractivity contribution in [3.8, 4) is 11.4 Å². The van der Waals surface area contributed by atoms with Crippen molar-refractivity contribution in [2.75, 3.05) is 18.0 Å². The first-order valence-electron chi connectivity index (χ1n) is 14.7. The highest BCUT2D eigenvalue weighted by atomic mass is 32.2. The number of aromatic nitrogens is 3. The van der Waals surface area contributed by atoms with Crippen LogP contribution in [0.5, 0.6) is 0 Å². The van der Waals surface area contributed by atoms with E-state index < -0.39 is 38.5 Å². The molecule has 14 heteroatoms. The minimum atomic E-state index is -4.59. The van der Waals surface area contributed by atoms with Crippen molar-refractivity contribution in [1.29, 1.82) is 0 Å². The number of anilines is 1. The minimum Gasteiger partial charge on any atom is -0.375 e. The SMILES string of the molecule is O=C(NS(=O)(=O)c1ccc(C(F)(F)F)cc1)[C@H]1CC[C@H](OC2CCN(c3ccc(-c4nc5cc(F)ccc5[nH]4)cn3)CC2)CC1. The van der Waals surface area contributed by atoms with Gasteiger partial charge in [0.1, 0.15) is 17.5 Å². The number of rotatable bonds is 7. The fraction of sp³-hybridized carbons (Fsp3) is 0.387. The normalized spacial score (nSPS) is 20.0. The number of imidazole rings is 1. The van der Waals surface area contributed by atoms with Crippen molar-refractivity contribution in [2.45, 2.75) is 61.8 Å². The number of hydrogen-bond donors (Lipinski definition) is 2. The van der Waals surface area contributed by atoms with Crippen LogP contribution >= 0.6 is 0 Å². The Bertz CT molecular complexity index is 1760. The van der Waals surface area contributed by atoms with Crippen LogP contribution in [-0.2, 0) is 25.7 Å². The second kappa shape index (κ2) is 12.4. The van der Waals surface area contributed by atoms with Crippen LogP contribution in [0.25, 0.3) is 22.4 Å². The third kappa shape index (κ3) is 7.12. The van der Waals surface area contributed by atoms with Gasteiger partial charge in [-0.15, -0.1) is 0 Å². The van der Waals surface area contributed by atoms with Crippen LogP contribution in [0.1, 0.15) is 44.1 Å². The Kier molecular flexibility index (Phi) is 8.53. The molecule has 3 heterocycles. The third-order valence-electron chi connectivity index (χ3n) is 8.39. The van der Waals surface area contributed by atoms with Crippen LogP contribution in [0, 0.1) is 11.7 Å². The topological polar surface area (TPSA) is 117 Å². The molecule has 0 unspecified atom stereocenters. The molecule has 0 spiro atoms. The maximum Gasteiger partial charge on any atom is 0.416 e. The van der Waals surface area contributed by atoms with E-state index in [1.165, 1.54) is 12.1 Å². The molecule has 0 radical (unpaired) electrons. The number of benzene rings is 2. The fourth-order valence-corrected chi connectivity index (χ4v) is 6.92. The maximum absolute atomic E-state index is 13.5. The van der Waals surface area contributed by atoms with Crippen molar-refractivity contribution in [1.82, 2.24) is 19.7 Å². The number of fused-ring (bicyclic) bond motifs is 1. The fourth-order valence-electron chi connectivity index (χ4n) is 5.88. The van der Waals surface area contributed by atoms with Crippen molar-refractivity contribution in [3.63, 3.8) is 0 Å². The summed E-state index contributed by atoms with van der Waals surface area (Å²) in [5, 5.41) is 0.